The van der Waals surface area contributed by atoms with E-state index >= 15 is 0 Å². The second-order valence-electron chi connectivity index (χ2n) is 7.75. The summed E-state index contributed by atoms with van der Waals surface area (Å²) in [7, 11) is 0. The summed E-state index contributed by atoms with van der Waals surface area (Å²) < 4.78 is 0. The first-order chi connectivity index (χ1) is 15.2. The Morgan fingerprint density at radius 2 is 0.938 bits per heavy atom. The molecular formula is C24H28O8. The third-order valence-corrected chi connectivity index (χ3v) is 5.62. The molecule has 0 saturated carbocycles. The van der Waals surface area contributed by atoms with Gasteiger partial charge in [-0.2, -0.15) is 0 Å². The van der Waals surface area contributed by atoms with Crippen LogP contribution in [0.1, 0.15) is 105 Å². The summed E-state index contributed by atoms with van der Waals surface area (Å²) in [5, 5.41) is 38.9. The van der Waals surface area contributed by atoms with E-state index < -0.39 is 35.0 Å². The van der Waals surface area contributed by atoms with Crippen molar-refractivity contribution in [2.24, 2.45) is 0 Å². The van der Waals surface area contributed by atoms with Crippen LogP contribution in [0.15, 0.2) is 12.1 Å². The first-order valence-corrected chi connectivity index (χ1v) is 10.7. The Morgan fingerprint density at radius 1 is 0.594 bits per heavy atom. The van der Waals surface area contributed by atoms with Crippen LogP contribution < -0.4 is 0 Å². The van der Waals surface area contributed by atoms with Gasteiger partial charge in [0.15, 0.2) is 0 Å². The molecular weight excluding hydrogens is 416 g/mol. The van der Waals surface area contributed by atoms with Gasteiger partial charge in [-0.15, -0.1) is 0 Å². The maximum Gasteiger partial charge on any atom is 0.336 e. The highest BCUT2D eigenvalue weighted by Gasteiger charge is 2.31. The van der Waals surface area contributed by atoms with E-state index in [4.69, 9.17) is 0 Å². The van der Waals surface area contributed by atoms with E-state index in [1.165, 1.54) is 0 Å². The maximum absolute atomic E-state index is 12.4. The molecule has 0 aromatic heterocycles. The molecule has 0 bridgehead atoms. The van der Waals surface area contributed by atoms with E-state index in [0.29, 0.717) is 12.8 Å². The topological polar surface area (TPSA) is 149 Å². The Bertz CT molecular complexity index is 983. The largest absolute Gasteiger partial charge is 0.478 e. The van der Waals surface area contributed by atoms with Crippen molar-refractivity contribution in [3.63, 3.8) is 0 Å². The third-order valence-electron chi connectivity index (χ3n) is 5.62. The van der Waals surface area contributed by atoms with E-state index in [1.807, 2.05) is 13.8 Å². The average molecular weight is 444 g/mol. The Morgan fingerprint density at radius 3 is 1.19 bits per heavy atom. The van der Waals surface area contributed by atoms with Crippen molar-refractivity contribution in [3.05, 3.63) is 45.5 Å². The normalized spacial score (nSPS) is 10.9. The number of hydrogen-bond donors (Lipinski definition) is 4. The van der Waals surface area contributed by atoms with Gasteiger partial charge in [0.2, 0.25) is 0 Å². The number of benzene rings is 2. The lowest BCUT2D eigenvalue weighted by atomic mass is 9.81. The zero-order valence-electron chi connectivity index (χ0n) is 18.2. The summed E-state index contributed by atoms with van der Waals surface area (Å²) in [6, 6.07) is 2.05. The van der Waals surface area contributed by atoms with Crippen LogP contribution >= 0.6 is 0 Å². The van der Waals surface area contributed by atoms with Crippen LogP contribution in [0.4, 0.5) is 0 Å². The minimum Gasteiger partial charge on any atom is -0.478 e. The highest BCUT2D eigenvalue weighted by atomic mass is 16.4. The number of carbonyl (C=O) groups is 4. The summed E-state index contributed by atoms with van der Waals surface area (Å²) >= 11 is 0. The van der Waals surface area contributed by atoms with E-state index in [9.17, 15) is 39.6 Å². The molecule has 0 aliphatic heterocycles. The van der Waals surface area contributed by atoms with Crippen LogP contribution in [0.25, 0.3) is 10.8 Å². The smallest absolute Gasteiger partial charge is 0.336 e. The van der Waals surface area contributed by atoms with Crippen LogP contribution in [0.5, 0.6) is 0 Å². The van der Waals surface area contributed by atoms with Gasteiger partial charge in [-0.25, -0.2) is 19.2 Å². The Kier molecular flexibility index (Phi) is 8.34. The molecule has 0 radical (unpaired) electrons. The molecule has 0 saturated heterocycles. The van der Waals surface area contributed by atoms with Crippen molar-refractivity contribution < 1.29 is 39.6 Å². The monoisotopic (exact) mass is 444 g/mol. The molecule has 0 aliphatic rings. The number of carboxylic acids is 4. The average Bonchev–Trinajstić information content (AvgIpc) is 2.72. The van der Waals surface area contributed by atoms with Crippen LogP contribution in [0.2, 0.25) is 0 Å². The maximum atomic E-state index is 12.4. The minimum atomic E-state index is -1.45. The Balaban J connectivity index is 3.16. The van der Waals surface area contributed by atoms with E-state index in [2.05, 4.69) is 0 Å². The molecule has 0 spiro atoms. The molecule has 2 rings (SSSR count). The van der Waals surface area contributed by atoms with Gasteiger partial charge in [0.05, 0.1) is 22.3 Å². The van der Waals surface area contributed by atoms with Crippen molar-refractivity contribution in [1.82, 2.24) is 0 Å². The number of hydrogen-bond acceptors (Lipinski definition) is 4. The first-order valence-electron chi connectivity index (χ1n) is 10.7. The van der Waals surface area contributed by atoms with Crippen molar-refractivity contribution in [1.29, 1.82) is 0 Å². The van der Waals surface area contributed by atoms with Crippen molar-refractivity contribution in [3.8, 4) is 0 Å². The SMILES string of the molecule is CCCCCc1c(CCCCC)c(C(=O)O)c2c(C(=O)O)ccc(C(=O)O)c2c1C(=O)O. The van der Waals surface area contributed by atoms with Gasteiger partial charge in [0, 0.05) is 10.8 Å². The lowest BCUT2D eigenvalue weighted by molar-refractivity contribution is 0.0674. The second kappa shape index (κ2) is 10.7. The molecule has 2 aromatic carbocycles. The molecule has 32 heavy (non-hydrogen) atoms. The Labute approximate surface area is 185 Å². The van der Waals surface area contributed by atoms with Gasteiger partial charge in [0.25, 0.3) is 0 Å². The van der Waals surface area contributed by atoms with E-state index in [1.54, 1.807) is 0 Å². The van der Waals surface area contributed by atoms with Gasteiger partial charge in [-0.1, -0.05) is 39.5 Å². The Hall–Kier alpha value is -3.42. The molecule has 4 N–H and O–H groups in total. The fourth-order valence-electron chi connectivity index (χ4n) is 4.21. The predicted octanol–water partition coefficient (Wildman–Crippen LogP) is 5.10. The number of aromatic carboxylic acids is 4. The third kappa shape index (κ3) is 4.90. The fourth-order valence-corrected chi connectivity index (χ4v) is 4.21. The van der Waals surface area contributed by atoms with Gasteiger partial charge in [-0.3, -0.25) is 0 Å². The summed E-state index contributed by atoms with van der Waals surface area (Å²) in [6.07, 6.45) is 5.02. The lowest BCUT2D eigenvalue weighted by Gasteiger charge is -2.21. The van der Waals surface area contributed by atoms with Crippen molar-refractivity contribution >= 4 is 34.6 Å². The number of fused-ring (bicyclic) bond motifs is 1. The number of rotatable bonds is 12. The van der Waals surface area contributed by atoms with Crippen LogP contribution in [-0.2, 0) is 12.8 Å². The molecule has 0 fully saturated rings. The molecule has 172 valence electrons. The molecule has 0 atom stereocenters. The second-order valence-corrected chi connectivity index (χ2v) is 7.75. The van der Waals surface area contributed by atoms with Crippen molar-refractivity contribution in [2.75, 3.05) is 0 Å². The van der Waals surface area contributed by atoms with Crippen LogP contribution in [0, 0.1) is 0 Å². The standard InChI is InChI=1S/C24H28O8/c1-3-5-7-9-13-14(10-8-6-4-2)20(24(31)32)18-16(22(27)28)12-11-15(21(25)26)17(18)19(13)23(29)30/h11-12H,3-10H2,1-2H3,(H,25,26)(H,27,28)(H,29,30)(H,31,32). The van der Waals surface area contributed by atoms with E-state index in [0.717, 1.165) is 37.8 Å². The highest BCUT2D eigenvalue weighted by molar-refractivity contribution is 6.23. The molecule has 8 heteroatoms. The number of carboxylic acid groups (broad SMARTS) is 4. The number of unbranched alkanes of at least 4 members (excludes halogenated alkanes) is 4. The van der Waals surface area contributed by atoms with Crippen LogP contribution in [-0.4, -0.2) is 44.3 Å². The molecule has 0 amide bonds. The molecule has 8 nitrogen and oxygen atoms in total. The molecule has 0 aliphatic carbocycles. The highest BCUT2D eigenvalue weighted by Crippen LogP contribution is 2.37. The summed E-state index contributed by atoms with van der Waals surface area (Å²) in [5.74, 6) is -5.71. The quantitative estimate of drug-likeness (QED) is 0.330. The van der Waals surface area contributed by atoms with Gasteiger partial charge >= 0.3 is 23.9 Å². The minimum absolute atomic E-state index is 0.267. The van der Waals surface area contributed by atoms with Gasteiger partial charge in [0.1, 0.15) is 0 Å². The summed E-state index contributed by atoms with van der Waals surface area (Å²) in [4.78, 5) is 48.7. The zero-order valence-corrected chi connectivity index (χ0v) is 18.2. The van der Waals surface area contributed by atoms with Crippen LogP contribution in [0.3, 0.4) is 0 Å². The summed E-state index contributed by atoms with van der Waals surface area (Å²) in [6.45, 7) is 3.95. The van der Waals surface area contributed by atoms with Gasteiger partial charge < -0.3 is 20.4 Å². The molecule has 0 heterocycles. The predicted molar refractivity (Wildman–Crippen MR) is 118 cm³/mol. The van der Waals surface area contributed by atoms with Crippen molar-refractivity contribution in [2.45, 2.75) is 65.2 Å². The zero-order chi connectivity index (χ0) is 24.0. The lowest BCUT2D eigenvalue weighted by Crippen LogP contribution is -2.18. The van der Waals surface area contributed by atoms with Gasteiger partial charge in [-0.05, 0) is 48.9 Å². The summed E-state index contributed by atoms with van der Waals surface area (Å²) in [5.41, 5.74) is -0.904. The first kappa shape index (κ1) is 24.8. The molecule has 0 unspecified atom stereocenters. The van der Waals surface area contributed by atoms with E-state index in [-0.39, 0.29) is 45.9 Å². The fraction of sp³-hybridized carbons (Fsp3) is 0.417. The molecule has 2 aromatic rings.